The quantitative estimate of drug-likeness (QED) is 0.840. The molecule has 1 unspecified atom stereocenters. The minimum Gasteiger partial charge on any atom is -0.338 e. The molecule has 2 heterocycles. The van der Waals surface area contributed by atoms with Crippen molar-refractivity contribution in [2.24, 2.45) is 7.05 Å². The summed E-state index contributed by atoms with van der Waals surface area (Å²) in [6.07, 6.45) is 4.68. The molecule has 19 heavy (non-hydrogen) atoms. The Bertz CT molecular complexity index is 525. The van der Waals surface area contributed by atoms with Gasteiger partial charge in [0.15, 0.2) is 0 Å². The Morgan fingerprint density at radius 2 is 2.05 bits per heavy atom. The fraction of sp³-hybridized carbons (Fsp3) is 0.438. The summed E-state index contributed by atoms with van der Waals surface area (Å²) in [6.45, 7) is 4.27. The van der Waals surface area contributed by atoms with Gasteiger partial charge >= 0.3 is 0 Å². The van der Waals surface area contributed by atoms with Crippen LogP contribution in [-0.4, -0.2) is 21.0 Å². The fourth-order valence-electron chi connectivity index (χ4n) is 2.92. The van der Waals surface area contributed by atoms with Crippen LogP contribution in [0.3, 0.4) is 0 Å². The highest BCUT2D eigenvalue weighted by atomic mass is 15.2. The number of hydrogen-bond donors (Lipinski definition) is 0. The zero-order valence-corrected chi connectivity index (χ0v) is 11.7. The molecule has 0 saturated carbocycles. The van der Waals surface area contributed by atoms with Crippen LogP contribution in [0.15, 0.2) is 36.5 Å². The first-order valence-corrected chi connectivity index (χ1v) is 7.02. The first-order valence-electron chi connectivity index (χ1n) is 7.02. The molecule has 0 radical (unpaired) electrons. The van der Waals surface area contributed by atoms with E-state index in [9.17, 15) is 0 Å². The second-order valence-electron chi connectivity index (χ2n) is 5.44. The summed E-state index contributed by atoms with van der Waals surface area (Å²) in [5, 5.41) is 0. The SMILES string of the molecule is Cc1nc(C2CCCN2Cc2ccccc2)cn1C. The smallest absolute Gasteiger partial charge is 0.105 e. The van der Waals surface area contributed by atoms with E-state index in [2.05, 4.69) is 60.0 Å². The molecule has 0 amide bonds. The Morgan fingerprint density at radius 1 is 1.26 bits per heavy atom. The normalized spacial score (nSPS) is 20.0. The van der Waals surface area contributed by atoms with Crippen LogP contribution >= 0.6 is 0 Å². The van der Waals surface area contributed by atoms with Crippen LogP contribution < -0.4 is 0 Å². The number of imidazole rings is 1. The summed E-state index contributed by atoms with van der Waals surface area (Å²) in [4.78, 5) is 7.26. The molecule has 0 bridgehead atoms. The molecular formula is C16H21N3. The van der Waals surface area contributed by atoms with Gasteiger partial charge in [-0.15, -0.1) is 0 Å². The maximum absolute atomic E-state index is 4.71. The first kappa shape index (κ1) is 12.4. The Labute approximate surface area is 114 Å². The molecule has 1 aliphatic heterocycles. The van der Waals surface area contributed by atoms with Gasteiger partial charge < -0.3 is 4.57 Å². The minimum absolute atomic E-state index is 0.486. The first-order chi connectivity index (χ1) is 9.24. The lowest BCUT2D eigenvalue weighted by molar-refractivity contribution is 0.244. The highest BCUT2D eigenvalue weighted by Gasteiger charge is 2.27. The molecule has 3 heteroatoms. The van der Waals surface area contributed by atoms with Crippen molar-refractivity contribution >= 4 is 0 Å². The lowest BCUT2D eigenvalue weighted by Crippen LogP contribution is -2.23. The molecule has 3 nitrogen and oxygen atoms in total. The van der Waals surface area contributed by atoms with Crippen molar-refractivity contribution in [2.75, 3.05) is 6.54 Å². The van der Waals surface area contributed by atoms with Gasteiger partial charge in [0, 0.05) is 19.8 Å². The summed E-state index contributed by atoms with van der Waals surface area (Å²) in [5.41, 5.74) is 2.62. The van der Waals surface area contributed by atoms with Crippen molar-refractivity contribution < 1.29 is 0 Å². The topological polar surface area (TPSA) is 21.1 Å². The summed E-state index contributed by atoms with van der Waals surface area (Å²) in [6, 6.07) is 11.2. The zero-order chi connectivity index (χ0) is 13.2. The maximum Gasteiger partial charge on any atom is 0.105 e. The zero-order valence-electron chi connectivity index (χ0n) is 11.7. The standard InChI is InChI=1S/C16H21N3/c1-13-17-15(12-18(13)2)16-9-6-10-19(16)11-14-7-4-3-5-8-14/h3-5,7-8,12,16H,6,9-11H2,1-2H3. The second-order valence-corrected chi connectivity index (χ2v) is 5.44. The average molecular weight is 255 g/mol. The number of aromatic nitrogens is 2. The lowest BCUT2D eigenvalue weighted by atomic mass is 10.1. The molecule has 0 N–H and O–H groups in total. The summed E-state index contributed by atoms with van der Waals surface area (Å²) in [7, 11) is 2.07. The van der Waals surface area contributed by atoms with Crippen LogP contribution in [0.4, 0.5) is 0 Å². The van der Waals surface area contributed by atoms with Crippen molar-refractivity contribution in [1.29, 1.82) is 0 Å². The third-order valence-corrected chi connectivity index (χ3v) is 4.06. The number of aryl methyl sites for hydroxylation is 2. The molecule has 100 valence electrons. The van der Waals surface area contributed by atoms with Crippen LogP contribution in [0.25, 0.3) is 0 Å². The summed E-state index contributed by atoms with van der Waals surface area (Å²) in [5.74, 6) is 1.10. The van der Waals surface area contributed by atoms with Gasteiger partial charge in [0.25, 0.3) is 0 Å². The molecule has 3 rings (SSSR count). The summed E-state index contributed by atoms with van der Waals surface area (Å²) >= 11 is 0. The van der Waals surface area contributed by atoms with Crippen molar-refractivity contribution in [3.63, 3.8) is 0 Å². The highest BCUT2D eigenvalue weighted by molar-refractivity contribution is 5.16. The van der Waals surface area contributed by atoms with Crippen molar-refractivity contribution in [2.45, 2.75) is 32.4 Å². The maximum atomic E-state index is 4.71. The lowest BCUT2D eigenvalue weighted by Gasteiger charge is -2.23. The number of benzene rings is 1. The average Bonchev–Trinajstić information content (AvgIpc) is 2.99. The predicted octanol–water partition coefficient (Wildman–Crippen LogP) is 3.07. The number of rotatable bonds is 3. The van der Waals surface area contributed by atoms with E-state index in [1.54, 1.807) is 0 Å². The molecule has 0 aliphatic carbocycles. The van der Waals surface area contributed by atoms with Crippen LogP contribution in [0, 0.1) is 6.92 Å². The predicted molar refractivity (Wildman–Crippen MR) is 76.8 cm³/mol. The second kappa shape index (κ2) is 5.17. The van der Waals surface area contributed by atoms with Crippen LogP contribution in [0.5, 0.6) is 0 Å². The minimum atomic E-state index is 0.486. The molecule has 1 atom stereocenters. The highest BCUT2D eigenvalue weighted by Crippen LogP contribution is 2.32. The number of likely N-dealkylation sites (tertiary alicyclic amines) is 1. The third kappa shape index (κ3) is 2.56. The van der Waals surface area contributed by atoms with Crippen LogP contribution in [0.2, 0.25) is 0 Å². The summed E-state index contributed by atoms with van der Waals surface area (Å²) < 4.78 is 2.12. The van der Waals surface area contributed by atoms with E-state index < -0.39 is 0 Å². The molecular weight excluding hydrogens is 234 g/mol. The number of hydrogen-bond acceptors (Lipinski definition) is 2. The van der Waals surface area contributed by atoms with E-state index in [0.717, 1.165) is 12.4 Å². The van der Waals surface area contributed by atoms with Crippen molar-refractivity contribution in [1.82, 2.24) is 14.5 Å². The van der Waals surface area contributed by atoms with E-state index in [0.29, 0.717) is 6.04 Å². The van der Waals surface area contributed by atoms with E-state index >= 15 is 0 Å². The van der Waals surface area contributed by atoms with Gasteiger partial charge in [-0.1, -0.05) is 30.3 Å². The van der Waals surface area contributed by atoms with Gasteiger partial charge in [0.05, 0.1) is 11.7 Å². The molecule has 1 aromatic carbocycles. The van der Waals surface area contributed by atoms with E-state index in [1.165, 1.54) is 30.6 Å². The molecule has 1 aromatic heterocycles. The van der Waals surface area contributed by atoms with Gasteiger partial charge in [-0.25, -0.2) is 4.98 Å². The van der Waals surface area contributed by atoms with Gasteiger partial charge in [-0.2, -0.15) is 0 Å². The Kier molecular flexibility index (Phi) is 3.38. The number of nitrogens with zero attached hydrogens (tertiary/aromatic N) is 3. The van der Waals surface area contributed by atoms with Crippen molar-refractivity contribution in [3.8, 4) is 0 Å². The molecule has 1 saturated heterocycles. The van der Waals surface area contributed by atoms with Crippen LogP contribution in [0.1, 0.15) is 36.0 Å². The molecule has 2 aromatic rings. The van der Waals surface area contributed by atoms with Crippen molar-refractivity contribution in [3.05, 3.63) is 53.6 Å². The van der Waals surface area contributed by atoms with Gasteiger partial charge in [0.2, 0.25) is 0 Å². The largest absolute Gasteiger partial charge is 0.338 e. The molecule has 1 aliphatic rings. The third-order valence-electron chi connectivity index (χ3n) is 4.06. The van der Waals surface area contributed by atoms with Gasteiger partial charge in [-0.3, -0.25) is 4.90 Å². The van der Waals surface area contributed by atoms with Gasteiger partial charge in [-0.05, 0) is 31.9 Å². The van der Waals surface area contributed by atoms with E-state index in [1.807, 2.05) is 0 Å². The fourth-order valence-corrected chi connectivity index (χ4v) is 2.92. The van der Waals surface area contributed by atoms with E-state index in [4.69, 9.17) is 4.98 Å². The monoisotopic (exact) mass is 255 g/mol. The van der Waals surface area contributed by atoms with Crippen LogP contribution in [-0.2, 0) is 13.6 Å². The Morgan fingerprint density at radius 3 is 2.74 bits per heavy atom. The Hall–Kier alpha value is -1.61. The molecule has 0 spiro atoms. The Balaban J connectivity index is 1.78. The van der Waals surface area contributed by atoms with Gasteiger partial charge in [0.1, 0.15) is 5.82 Å². The molecule has 1 fully saturated rings. The van der Waals surface area contributed by atoms with E-state index in [-0.39, 0.29) is 0 Å².